The van der Waals surface area contributed by atoms with Gasteiger partial charge in [-0.3, -0.25) is 0 Å². The van der Waals surface area contributed by atoms with Gasteiger partial charge >= 0.3 is 5.97 Å². The molecule has 0 aliphatic rings. The van der Waals surface area contributed by atoms with Crippen LogP contribution >= 0.6 is 22.6 Å². The maximum absolute atomic E-state index is 10.5. The molecule has 2 rings (SSSR count). The van der Waals surface area contributed by atoms with Crippen molar-refractivity contribution in [3.8, 4) is 5.69 Å². The van der Waals surface area contributed by atoms with Crippen molar-refractivity contribution in [1.82, 2.24) is 4.57 Å². The number of rotatable bonds is 3. The summed E-state index contributed by atoms with van der Waals surface area (Å²) in [6, 6.07) is 11.8. The van der Waals surface area contributed by atoms with Gasteiger partial charge in [-0.05, 0) is 65.1 Å². The summed E-state index contributed by atoms with van der Waals surface area (Å²) in [5, 5.41) is 8.61. The monoisotopic (exact) mass is 339 g/mol. The Morgan fingerprint density at radius 3 is 2.59 bits per heavy atom. The summed E-state index contributed by atoms with van der Waals surface area (Å²) in [6.07, 6.45) is 4.63. The summed E-state index contributed by atoms with van der Waals surface area (Å²) in [6.45, 7) is 0. The van der Waals surface area contributed by atoms with Gasteiger partial charge in [-0.1, -0.05) is 0 Å². The van der Waals surface area contributed by atoms with Crippen LogP contribution in [0.3, 0.4) is 0 Å². The number of benzene rings is 1. The highest BCUT2D eigenvalue weighted by Gasteiger charge is 2.00. The zero-order valence-corrected chi connectivity index (χ0v) is 11.0. The largest absolute Gasteiger partial charge is 0.478 e. The molecule has 0 bridgehead atoms. The summed E-state index contributed by atoms with van der Waals surface area (Å²) in [5.74, 6) is -0.944. The van der Waals surface area contributed by atoms with Gasteiger partial charge in [0.15, 0.2) is 0 Å². The highest BCUT2D eigenvalue weighted by atomic mass is 127. The predicted molar refractivity (Wildman–Crippen MR) is 75.2 cm³/mol. The van der Waals surface area contributed by atoms with Crippen LogP contribution in [0.15, 0.2) is 48.7 Å². The molecule has 1 aromatic carbocycles. The first kappa shape index (κ1) is 11.9. The van der Waals surface area contributed by atoms with Crippen molar-refractivity contribution in [2.75, 3.05) is 0 Å². The molecule has 0 fully saturated rings. The highest BCUT2D eigenvalue weighted by Crippen LogP contribution is 2.15. The van der Waals surface area contributed by atoms with Crippen LogP contribution in [0.25, 0.3) is 11.8 Å². The van der Waals surface area contributed by atoms with Crippen LogP contribution in [-0.2, 0) is 4.79 Å². The van der Waals surface area contributed by atoms with Crippen molar-refractivity contribution < 1.29 is 9.90 Å². The third kappa shape index (κ3) is 2.97. The lowest BCUT2D eigenvalue weighted by molar-refractivity contribution is -0.131. The molecule has 0 radical (unpaired) electrons. The SMILES string of the molecule is O=C(O)/C=C/c1cccn1-c1ccc(I)cc1. The first-order valence-electron chi connectivity index (χ1n) is 5.01. The minimum absolute atomic E-state index is 0.841. The van der Waals surface area contributed by atoms with Crippen molar-refractivity contribution >= 4 is 34.6 Å². The Bertz CT molecular complexity index is 555. The summed E-state index contributed by atoms with van der Waals surface area (Å²) >= 11 is 2.25. The van der Waals surface area contributed by atoms with E-state index < -0.39 is 5.97 Å². The van der Waals surface area contributed by atoms with E-state index in [1.54, 1.807) is 6.08 Å². The Morgan fingerprint density at radius 2 is 1.94 bits per heavy atom. The van der Waals surface area contributed by atoms with E-state index in [9.17, 15) is 4.79 Å². The third-order valence-electron chi connectivity index (χ3n) is 2.28. The van der Waals surface area contributed by atoms with Crippen molar-refractivity contribution in [2.24, 2.45) is 0 Å². The average Bonchev–Trinajstić information content (AvgIpc) is 2.75. The molecule has 86 valence electrons. The molecular formula is C13H10INO2. The van der Waals surface area contributed by atoms with Gasteiger partial charge in [0.1, 0.15) is 0 Å². The van der Waals surface area contributed by atoms with Crippen molar-refractivity contribution in [3.63, 3.8) is 0 Å². The van der Waals surface area contributed by atoms with Gasteiger partial charge < -0.3 is 9.67 Å². The van der Waals surface area contributed by atoms with Crippen LogP contribution in [0.2, 0.25) is 0 Å². The first-order chi connectivity index (χ1) is 8.16. The Hall–Kier alpha value is -1.56. The summed E-state index contributed by atoms with van der Waals surface area (Å²) < 4.78 is 3.11. The van der Waals surface area contributed by atoms with Gasteiger partial charge in [-0.2, -0.15) is 0 Å². The van der Waals surface area contributed by atoms with Gasteiger partial charge in [0.05, 0.1) is 0 Å². The van der Waals surface area contributed by atoms with Gasteiger partial charge in [0.25, 0.3) is 0 Å². The average molecular weight is 339 g/mol. The molecular weight excluding hydrogens is 329 g/mol. The molecule has 0 spiro atoms. The standard InChI is InChI=1S/C13H10INO2/c14-10-3-5-12(6-4-10)15-9-1-2-11(15)7-8-13(16)17/h1-9H,(H,16,17)/b8-7+. The van der Waals surface area contributed by atoms with Crippen LogP contribution in [0.4, 0.5) is 0 Å². The van der Waals surface area contributed by atoms with Gasteiger partial charge in [0.2, 0.25) is 0 Å². The van der Waals surface area contributed by atoms with E-state index in [4.69, 9.17) is 5.11 Å². The molecule has 1 heterocycles. The Morgan fingerprint density at radius 1 is 1.24 bits per heavy atom. The second-order valence-corrected chi connectivity index (χ2v) is 4.70. The second kappa shape index (κ2) is 5.18. The number of carboxylic acid groups (broad SMARTS) is 1. The van der Waals surface area contributed by atoms with Gasteiger partial charge in [-0.25, -0.2) is 4.79 Å². The molecule has 3 nitrogen and oxygen atoms in total. The summed E-state index contributed by atoms with van der Waals surface area (Å²) in [4.78, 5) is 10.5. The number of aromatic nitrogens is 1. The van der Waals surface area contributed by atoms with Crippen molar-refractivity contribution in [2.45, 2.75) is 0 Å². The maximum Gasteiger partial charge on any atom is 0.328 e. The fraction of sp³-hybridized carbons (Fsp3) is 0. The quantitative estimate of drug-likeness (QED) is 0.689. The number of carbonyl (C=O) groups is 1. The maximum atomic E-state index is 10.5. The van der Waals surface area contributed by atoms with Crippen LogP contribution in [0.1, 0.15) is 5.69 Å². The van der Waals surface area contributed by atoms with Gasteiger partial charge in [0, 0.05) is 27.2 Å². The Balaban J connectivity index is 2.36. The lowest BCUT2D eigenvalue weighted by atomic mass is 10.3. The summed E-state index contributed by atoms with van der Waals surface area (Å²) in [7, 11) is 0. The number of carboxylic acids is 1. The lowest BCUT2D eigenvalue weighted by Gasteiger charge is -2.06. The van der Waals surface area contributed by atoms with E-state index in [1.165, 1.54) is 3.57 Å². The minimum Gasteiger partial charge on any atom is -0.478 e. The molecule has 17 heavy (non-hydrogen) atoms. The molecule has 0 unspecified atom stereocenters. The second-order valence-electron chi connectivity index (χ2n) is 3.45. The topological polar surface area (TPSA) is 42.2 Å². The van der Waals surface area contributed by atoms with E-state index >= 15 is 0 Å². The smallest absolute Gasteiger partial charge is 0.328 e. The normalized spacial score (nSPS) is 10.9. The minimum atomic E-state index is -0.944. The third-order valence-corrected chi connectivity index (χ3v) is 3.00. The molecule has 0 aliphatic carbocycles. The predicted octanol–water partition coefficient (Wildman–Crippen LogP) is 3.18. The van der Waals surface area contributed by atoms with Crippen molar-refractivity contribution in [3.05, 3.63) is 57.9 Å². The number of aliphatic carboxylic acids is 1. The van der Waals surface area contributed by atoms with Crippen LogP contribution in [0, 0.1) is 3.57 Å². The van der Waals surface area contributed by atoms with Crippen LogP contribution in [-0.4, -0.2) is 15.6 Å². The van der Waals surface area contributed by atoms with E-state index in [2.05, 4.69) is 22.6 Å². The highest BCUT2D eigenvalue weighted by molar-refractivity contribution is 14.1. The number of hydrogen-bond donors (Lipinski definition) is 1. The molecule has 1 N–H and O–H groups in total. The lowest BCUT2D eigenvalue weighted by Crippen LogP contribution is -1.95. The van der Waals surface area contributed by atoms with Crippen molar-refractivity contribution in [1.29, 1.82) is 0 Å². The zero-order valence-electron chi connectivity index (χ0n) is 8.88. The fourth-order valence-electron chi connectivity index (χ4n) is 1.52. The van der Waals surface area contributed by atoms with Crippen LogP contribution in [0.5, 0.6) is 0 Å². The number of nitrogens with zero attached hydrogens (tertiary/aromatic N) is 1. The van der Waals surface area contributed by atoms with Crippen LogP contribution < -0.4 is 0 Å². The molecule has 0 saturated carbocycles. The first-order valence-corrected chi connectivity index (χ1v) is 6.09. The molecule has 4 heteroatoms. The van der Waals surface area contributed by atoms with E-state index in [1.807, 2.05) is 47.2 Å². The van der Waals surface area contributed by atoms with E-state index in [0.717, 1.165) is 17.5 Å². The van der Waals surface area contributed by atoms with Gasteiger partial charge in [-0.15, -0.1) is 0 Å². The molecule has 2 aromatic rings. The molecule has 1 aromatic heterocycles. The van der Waals surface area contributed by atoms with E-state index in [-0.39, 0.29) is 0 Å². The Kier molecular flexibility index (Phi) is 3.63. The number of halogens is 1. The molecule has 0 aliphatic heterocycles. The summed E-state index contributed by atoms with van der Waals surface area (Å²) in [5.41, 5.74) is 1.86. The zero-order chi connectivity index (χ0) is 12.3. The molecule has 0 saturated heterocycles. The number of hydrogen-bond acceptors (Lipinski definition) is 1. The molecule has 0 amide bonds. The molecule has 0 atom stereocenters. The Labute approximate surface area is 113 Å². The van der Waals surface area contributed by atoms with E-state index in [0.29, 0.717) is 0 Å². The fourth-order valence-corrected chi connectivity index (χ4v) is 1.88.